The first-order chi connectivity index (χ1) is 3.89. The lowest BCUT2D eigenvalue weighted by molar-refractivity contribution is -0.146. The summed E-state index contributed by atoms with van der Waals surface area (Å²) in [6, 6.07) is 0. The minimum atomic E-state index is -1.88. The third kappa shape index (κ3) is 2.09. The van der Waals surface area contributed by atoms with Crippen LogP contribution in [-0.2, 0) is 9.59 Å². The van der Waals surface area contributed by atoms with Gasteiger partial charge >= 0.3 is 11.9 Å². The Morgan fingerprint density at radius 3 is 1.56 bits per heavy atom. The van der Waals surface area contributed by atoms with E-state index < -0.39 is 14.3 Å². The van der Waals surface area contributed by atoms with Gasteiger partial charge in [-0.05, 0) is 38.5 Å². The Bertz CT molecular complexity index is 138. The molecule has 0 amide bonds. The molecule has 0 aromatic rings. The predicted octanol–water partition coefficient (Wildman–Crippen LogP) is 0.682. The minimum absolute atomic E-state index is 1.27. The molecule has 4 nitrogen and oxygen atoms in total. The average molecular weight is 309 g/mol. The van der Waals surface area contributed by atoms with Crippen LogP contribution in [0.3, 0.4) is 0 Å². The van der Waals surface area contributed by atoms with E-state index in [-0.39, 0.29) is 0 Å². The van der Waals surface area contributed by atoms with Crippen LogP contribution in [-0.4, -0.2) is 24.5 Å². The molecular weight excluding hydrogens is 307 g/mol. The number of carbonyl (C=O) groups is 2. The van der Waals surface area contributed by atoms with Crippen molar-refractivity contribution in [2.75, 3.05) is 0 Å². The van der Waals surface area contributed by atoms with Gasteiger partial charge in [0.15, 0.2) is 0 Å². The summed E-state index contributed by atoms with van der Waals surface area (Å²) >= 11 is 3.77. The van der Waals surface area contributed by atoms with E-state index in [4.69, 9.17) is 10.2 Å². The smallest absolute Gasteiger partial charge is 0.342 e. The summed E-state index contributed by atoms with van der Waals surface area (Å²) in [6.07, 6.45) is 0. The van der Waals surface area contributed by atoms with E-state index in [0.717, 1.165) is 0 Å². The molecule has 0 fully saturated rings. The molecule has 0 radical (unpaired) electrons. The van der Waals surface area contributed by atoms with E-state index in [2.05, 4.69) is 15.9 Å². The lowest BCUT2D eigenvalue weighted by Gasteiger charge is -2.06. The topological polar surface area (TPSA) is 74.6 Å². The highest BCUT2D eigenvalue weighted by Crippen LogP contribution is 2.26. The summed E-state index contributed by atoms with van der Waals surface area (Å²) in [5.41, 5.74) is 0. The van der Waals surface area contributed by atoms with Crippen LogP contribution in [0.5, 0.6) is 0 Å². The number of hydrogen-bond acceptors (Lipinski definition) is 2. The molecule has 0 aliphatic rings. The molecule has 9 heavy (non-hydrogen) atoms. The van der Waals surface area contributed by atoms with Gasteiger partial charge in [-0.25, -0.2) is 9.59 Å². The molecule has 0 rings (SSSR count). The molecule has 6 heteroatoms. The fourth-order valence-corrected chi connectivity index (χ4v) is 0.0915. The molecule has 0 saturated heterocycles. The molecule has 0 spiro atoms. The van der Waals surface area contributed by atoms with Gasteiger partial charge in [0.05, 0.1) is 0 Å². The van der Waals surface area contributed by atoms with Crippen molar-refractivity contribution in [3.8, 4) is 0 Å². The van der Waals surface area contributed by atoms with Crippen LogP contribution in [0, 0.1) is 0 Å². The second-order valence-corrected chi connectivity index (χ2v) is 5.47. The number of hydrogen-bond donors (Lipinski definition) is 2. The maximum absolute atomic E-state index is 10.0. The number of carboxylic acids is 2. The van der Waals surface area contributed by atoms with Gasteiger partial charge in [0.2, 0.25) is 0 Å². The first-order valence-corrected chi connectivity index (χ1v) is 3.61. The number of alkyl halides is 2. The van der Waals surface area contributed by atoms with E-state index in [1.807, 2.05) is 0 Å². The zero-order valence-electron chi connectivity index (χ0n) is 3.97. The summed E-state index contributed by atoms with van der Waals surface area (Å²) in [5.74, 6) is -2.84. The lowest BCUT2D eigenvalue weighted by Crippen LogP contribution is -2.33. The molecule has 0 aliphatic heterocycles. The molecule has 0 aromatic carbocycles. The highest BCUT2D eigenvalue weighted by atomic mass is 127. The van der Waals surface area contributed by atoms with Gasteiger partial charge in [0.1, 0.15) is 0 Å². The maximum Gasteiger partial charge on any atom is 0.342 e. The third-order valence-electron chi connectivity index (χ3n) is 0.537. The molecule has 2 N–H and O–H groups in total. The summed E-state index contributed by atoms with van der Waals surface area (Å²) in [4.78, 5) is 20.1. The molecule has 0 atom stereocenters. The molecule has 0 aromatic heterocycles. The van der Waals surface area contributed by atoms with Gasteiger partial charge in [-0.3, -0.25) is 0 Å². The summed E-state index contributed by atoms with van der Waals surface area (Å²) < 4.78 is -1.88. The second-order valence-electron chi connectivity index (χ2n) is 1.18. The van der Waals surface area contributed by atoms with E-state index in [0.29, 0.717) is 0 Å². The van der Waals surface area contributed by atoms with E-state index in [1.165, 1.54) is 22.6 Å². The number of aliphatic carboxylic acids is 2. The predicted molar refractivity (Wildman–Crippen MR) is 40.9 cm³/mol. The van der Waals surface area contributed by atoms with Crippen molar-refractivity contribution in [2.24, 2.45) is 0 Å². The highest BCUT2D eigenvalue weighted by Gasteiger charge is 2.40. The summed E-state index contributed by atoms with van der Waals surface area (Å²) in [6.45, 7) is 0. The molecule has 0 unspecified atom stereocenters. The first kappa shape index (κ1) is 9.15. The Kier molecular flexibility index (Phi) is 2.87. The lowest BCUT2D eigenvalue weighted by atomic mass is 10.4. The zero-order valence-corrected chi connectivity index (χ0v) is 7.71. The Balaban J connectivity index is 4.38. The van der Waals surface area contributed by atoms with Gasteiger partial charge in [-0.1, -0.05) is 0 Å². The Hall–Kier alpha value is 0.150. The Labute approximate surface area is 72.5 Å². The van der Waals surface area contributed by atoms with E-state index >= 15 is 0 Å². The fourth-order valence-electron chi connectivity index (χ4n) is 0.0915. The van der Waals surface area contributed by atoms with Crippen LogP contribution in [0.1, 0.15) is 0 Å². The van der Waals surface area contributed by atoms with E-state index in [1.54, 1.807) is 0 Å². The molecule has 0 heterocycles. The van der Waals surface area contributed by atoms with Crippen LogP contribution >= 0.6 is 38.5 Å². The molecule has 0 aliphatic carbocycles. The monoisotopic (exact) mass is 308 g/mol. The van der Waals surface area contributed by atoms with Crippen molar-refractivity contribution in [1.29, 1.82) is 0 Å². The second kappa shape index (κ2) is 2.82. The number of rotatable bonds is 2. The zero-order chi connectivity index (χ0) is 7.65. The van der Waals surface area contributed by atoms with Crippen molar-refractivity contribution >= 4 is 50.5 Å². The van der Waals surface area contributed by atoms with Gasteiger partial charge < -0.3 is 10.2 Å². The van der Waals surface area contributed by atoms with Crippen LogP contribution in [0.2, 0.25) is 0 Å². The van der Waals surface area contributed by atoms with Crippen LogP contribution in [0.25, 0.3) is 0 Å². The standard InChI is InChI=1S/C3H2BrIO4/c4-3(5,1(6)7)2(8)9/h(H,6,7)(H,8,9). The first-order valence-electron chi connectivity index (χ1n) is 1.73. The SMILES string of the molecule is O=C(O)C(Br)(I)C(=O)O. The molecular formula is C3H2BrIO4. The van der Waals surface area contributed by atoms with Crippen molar-refractivity contribution in [2.45, 2.75) is 2.33 Å². The summed E-state index contributed by atoms with van der Waals surface area (Å²) in [5, 5.41) is 16.4. The maximum atomic E-state index is 10.0. The van der Waals surface area contributed by atoms with Crippen LogP contribution < -0.4 is 0 Å². The van der Waals surface area contributed by atoms with Gasteiger partial charge in [-0.15, -0.1) is 0 Å². The Morgan fingerprint density at radius 2 is 1.56 bits per heavy atom. The van der Waals surface area contributed by atoms with E-state index in [9.17, 15) is 9.59 Å². The largest absolute Gasteiger partial charge is 0.479 e. The highest BCUT2D eigenvalue weighted by molar-refractivity contribution is 14.1. The van der Waals surface area contributed by atoms with Crippen LogP contribution in [0.15, 0.2) is 0 Å². The van der Waals surface area contributed by atoms with Crippen molar-refractivity contribution in [3.05, 3.63) is 0 Å². The molecule has 0 bridgehead atoms. The quantitative estimate of drug-likeness (QED) is 0.447. The van der Waals surface area contributed by atoms with Crippen molar-refractivity contribution in [1.82, 2.24) is 0 Å². The molecule has 52 valence electrons. The van der Waals surface area contributed by atoms with Gasteiger partial charge in [-0.2, -0.15) is 0 Å². The van der Waals surface area contributed by atoms with Crippen molar-refractivity contribution < 1.29 is 19.8 Å². The third-order valence-corrected chi connectivity index (χ3v) is 2.14. The molecule has 0 saturated carbocycles. The van der Waals surface area contributed by atoms with Crippen molar-refractivity contribution in [3.63, 3.8) is 0 Å². The van der Waals surface area contributed by atoms with Gasteiger partial charge in [0.25, 0.3) is 2.33 Å². The normalized spacial score (nSPS) is 10.9. The average Bonchev–Trinajstić information content (AvgIpc) is 1.65. The van der Waals surface area contributed by atoms with Gasteiger partial charge in [0, 0.05) is 0 Å². The number of halogens is 2. The summed E-state index contributed by atoms with van der Waals surface area (Å²) in [7, 11) is 0. The minimum Gasteiger partial charge on any atom is -0.479 e. The fraction of sp³-hybridized carbons (Fsp3) is 0.333. The number of carboxylic acid groups (broad SMARTS) is 2. The Morgan fingerprint density at radius 1 is 1.33 bits per heavy atom. The van der Waals surface area contributed by atoms with Crippen LogP contribution in [0.4, 0.5) is 0 Å².